The second-order valence-corrected chi connectivity index (χ2v) is 11.4. The SMILES string of the molecule is CCOC(=O)C1=C(c2ccccc2)N=c2s/c(=C/c3ccc(N4CCN(C)CC4)o3)c(=O)n2C1c1ccc(OCC)cc1. The summed E-state index contributed by atoms with van der Waals surface area (Å²) in [6.45, 7) is 8.11. The zero-order chi connectivity index (χ0) is 29.9. The van der Waals surface area contributed by atoms with Crippen molar-refractivity contribution in [2.45, 2.75) is 19.9 Å². The number of fused-ring (bicyclic) bond motifs is 1. The van der Waals surface area contributed by atoms with Crippen molar-refractivity contribution in [2.24, 2.45) is 4.99 Å². The van der Waals surface area contributed by atoms with Gasteiger partial charge in [-0.15, -0.1) is 0 Å². The first kappa shape index (κ1) is 28.7. The van der Waals surface area contributed by atoms with E-state index in [1.807, 2.05) is 73.7 Å². The minimum absolute atomic E-state index is 0.193. The van der Waals surface area contributed by atoms with Crippen LogP contribution < -0.4 is 24.5 Å². The molecule has 0 N–H and O–H groups in total. The molecule has 0 amide bonds. The van der Waals surface area contributed by atoms with Crippen molar-refractivity contribution in [3.05, 3.63) is 109 Å². The lowest BCUT2D eigenvalue weighted by Gasteiger charge is -2.32. The molecule has 2 aliphatic rings. The molecule has 0 aliphatic carbocycles. The van der Waals surface area contributed by atoms with E-state index in [1.54, 1.807) is 17.6 Å². The fraction of sp³-hybridized carbons (Fsp3) is 0.303. The first-order chi connectivity index (χ1) is 21.0. The lowest BCUT2D eigenvalue weighted by atomic mass is 9.93. The molecule has 222 valence electrons. The Morgan fingerprint density at radius 3 is 2.44 bits per heavy atom. The van der Waals surface area contributed by atoms with Gasteiger partial charge in [-0.2, -0.15) is 0 Å². The summed E-state index contributed by atoms with van der Waals surface area (Å²) < 4.78 is 19.4. The number of hydrogen-bond acceptors (Lipinski definition) is 9. The van der Waals surface area contributed by atoms with Gasteiger partial charge < -0.3 is 23.7 Å². The fourth-order valence-corrected chi connectivity index (χ4v) is 6.40. The highest BCUT2D eigenvalue weighted by molar-refractivity contribution is 7.07. The Bertz CT molecular complexity index is 1810. The number of anilines is 1. The third kappa shape index (κ3) is 5.80. The molecule has 43 heavy (non-hydrogen) atoms. The van der Waals surface area contributed by atoms with E-state index in [-0.39, 0.29) is 12.2 Å². The van der Waals surface area contributed by atoms with E-state index in [4.69, 9.17) is 18.9 Å². The van der Waals surface area contributed by atoms with E-state index in [0.717, 1.165) is 43.2 Å². The normalized spacial score (nSPS) is 17.5. The van der Waals surface area contributed by atoms with Crippen molar-refractivity contribution in [2.75, 3.05) is 51.3 Å². The standard InChI is InChI=1S/C33H34N4O5S/c1-4-40-24-13-11-23(12-14-24)30-28(32(39)41-5-2)29(22-9-7-6-8-10-22)34-33-37(30)31(38)26(43-33)21-25-15-16-27(42-25)36-19-17-35(3)18-20-36/h6-16,21,30H,4-5,17-20H2,1-3H3/b26-21+. The number of piperazine rings is 1. The van der Waals surface area contributed by atoms with Crippen molar-refractivity contribution in [3.63, 3.8) is 0 Å². The van der Waals surface area contributed by atoms with Crippen LogP contribution in [-0.4, -0.2) is 61.9 Å². The third-order valence-electron chi connectivity index (χ3n) is 7.58. The van der Waals surface area contributed by atoms with Crippen LogP contribution in [-0.2, 0) is 9.53 Å². The van der Waals surface area contributed by atoms with Crippen LogP contribution in [0.2, 0.25) is 0 Å². The van der Waals surface area contributed by atoms with Crippen LogP contribution in [0.3, 0.4) is 0 Å². The Morgan fingerprint density at radius 2 is 1.74 bits per heavy atom. The third-order valence-corrected chi connectivity index (χ3v) is 8.56. The fourth-order valence-electron chi connectivity index (χ4n) is 5.41. The molecule has 10 heteroatoms. The number of rotatable bonds is 8. The molecule has 4 heterocycles. The van der Waals surface area contributed by atoms with Crippen LogP contribution in [0.25, 0.3) is 11.8 Å². The van der Waals surface area contributed by atoms with Crippen molar-refractivity contribution >= 4 is 35.0 Å². The molecule has 1 saturated heterocycles. The molecule has 1 unspecified atom stereocenters. The van der Waals surface area contributed by atoms with Gasteiger partial charge in [-0.05, 0) is 44.7 Å². The molecule has 9 nitrogen and oxygen atoms in total. The monoisotopic (exact) mass is 598 g/mol. The topological polar surface area (TPSA) is 89.5 Å². The second-order valence-electron chi connectivity index (χ2n) is 10.4. The summed E-state index contributed by atoms with van der Waals surface area (Å²) in [5.41, 5.74) is 2.06. The number of ether oxygens (including phenoxy) is 2. The molecule has 1 atom stereocenters. The number of likely N-dealkylation sites (N-methyl/N-ethyl adjacent to an activating group) is 1. The molecule has 0 bridgehead atoms. The van der Waals surface area contributed by atoms with E-state index < -0.39 is 12.0 Å². The van der Waals surface area contributed by atoms with E-state index in [2.05, 4.69) is 16.8 Å². The van der Waals surface area contributed by atoms with Gasteiger partial charge in [-0.1, -0.05) is 53.8 Å². The molecule has 2 aromatic heterocycles. The number of thiazole rings is 1. The summed E-state index contributed by atoms with van der Waals surface area (Å²) in [6.07, 6.45) is 1.76. The number of esters is 1. The maximum absolute atomic E-state index is 14.1. The van der Waals surface area contributed by atoms with Gasteiger partial charge in [0.2, 0.25) is 0 Å². The molecule has 1 fully saturated rings. The molecule has 2 aliphatic heterocycles. The number of hydrogen-bond donors (Lipinski definition) is 0. The zero-order valence-corrected chi connectivity index (χ0v) is 25.3. The van der Waals surface area contributed by atoms with Crippen molar-refractivity contribution in [1.29, 1.82) is 0 Å². The number of aromatic nitrogens is 1. The molecule has 0 saturated carbocycles. The molecule has 2 aromatic carbocycles. The van der Waals surface area contributed by atoms with Crippen molar-refractivity contribution in [1.82, 2.24) is 9.47 Å². The number of benzene rings is 2. The molecule has 0 spiro atoms. The van der Waals surface area contributed by atoms with Gasteiger partial charge in [0.15, 0.2) is 10.7 Å². The summed E-state index contributed by atoms with van der Waals surface area (Å²) in [7, 11) is 2.11. The second kappa shape index (κ2) is 12.4. The highest BCUT2D eigenvalue weighted by Crippen LogP contribution is 2.35. The van der Waals surface area contributed by atoms with E-state index in [0.29, 0.717) is 38.7 Å². The average Bonchev–Trinajstić information content (AvgIpc) is 3.62. The predicted octanol–water partition coefficient (Wildman–Crippen LogP) is 3.68. The first-order valence-corrected chi connectivity index (χ1v) is 15.3. The highest BCUT2D eigenvalue weighted by atomic mass is 32.1. The molecular formula is C33H34N4O5S. The summed E-state index contributed by atoms with van der Waals surface area (Å²) in [4.78, 5) is 37.6. The zero-order valence-electron chi connectivity index (χ0n) is 24.5. The van der Waals surface area contributed by atoms with Crippen LogP contribution in [0.4, 0.5) is 5.88 Å². The van der Waals surface area contributed by atoms with Gasteiger partial charge in [-0.3, -0.25) is 9.36 Å². The molecule has 4 aromatic rings. The largest absolute Gasteiger partial charge is 0.494 e. The lowest BCUT2D eigenvalue weighted by Crippen LogP contribution is -2.44. The van der Waals surface area contributed by atoms with Gasteiger partial charge in [0.25, 0.3) is 5.56 Å². The number of nitrogens with zero attached hydrogens (tertiary/aromatic N) is 4. The lowest BCUT2D eigenvalue weighted by molar-refractivity contribution is -0.138. The summed E-state index contributed by atoms with van der Waals surface area (Å²) in [5.74, 6) is 1.57. The van der Waals surface area contributed by atoms with Gasteiger partial charge in [0.1, 0.15) is 11.5 Å². The Balaban J connectivity index is 1.50. The van der Waals surface area contributed by atoms with E-state index in [1.165, 1.54) is 11.3 Å². The summed E-state index contributed by atoms with van der Waals surface area (Å²) >= 11 is 1.27. The first-order valence-electron chi connectivity index (χ1n) is 14.5. The van der Waals surface area contributed by atoms with Crippen LogP contribution >= 0.6 is 11.3 Å². The minimum Gasteiger partial charge on any atom is -0.494 e. The molecule has 6 rings (SSSR count). The minimum atomic E-state index is -0.749. The molecular weight excluding hydrogens is 564 g/mol. The predicted molar refractivity (Wildman–Crippen MR) is 167 cm³/mol. The highest BCUT2D eigenvalue weighted by Gasteiger charge is 2.35. The van der Waals surface area contributed by atoms with Crippen LogP contribution in [0.1, 0.15) is 36.8 Å². The smallest absolute Gasteiger partial charge is 0.338 e. The Kier molecular flexibility index (Phi) is 8.31. The molecule has 0 radical (unpaired) electrons. The van der Waals surface area contributed by atoms with E-state index in [9.17, 15) is 9.59 Å². The maximum Gasteiger partial charge on any atom is 0.338 e. The van der Waals surface area contributed by atoms with Gasteiger partial charge in [0.05, 0.1) is 35.1 Å². The van der Waals surface area contributed by atoms with Crippen LogP contribution in [0.5, 0.6) is 5.75 Å². The number of furan rings is 1. The van der Waals surface area contributed by atoms with Crippen molar-refractivity contribution < 1.29 is 18.7 Å². The number of carbonyl (C=O) groups excluding carboxylic acids is 1. The van der Waals surface area contributed by atoms with Gasteiger partial charge in [-0.25, -0.2) is 9.79 Å². The quantitative estimate of drug-likeness (QED) is 0.286. The summed E-state index contributed by atoms with van der Waals surface area (Å²) in [5, 5.41) is 0. The van der Waals surface area contributed by atoms with Gasteiger partial charge >= 0.3 is 5.97 Å². The Labute approximate surface area is 253 Å². The Hall–Kier alpha value is -4.41. The van der Waals surface area contributed by atoms with E-state index >= 15 is 0 Å². The Morgan fingerprint density at radius 1 is 1.00 bits per heavy atom. The van der Waals surface area contributed by atoms with Crippen molar-refractivity contribution in [3.8, 4) is 5.75 Å². The number of carbonyl (C=O) groups is 1. The van der Waals surface area contributed by atoms with Gasteiger partial charge in [0, 0.05) is 43.9 Å². The summed E-state index contributed by atoms with van der Waals surface area (Å²) in [6, 6.07) is 20.1. The van der Waals surface area contributed by atoms with Crippen LogP contribution in [0.15, 0.2) is 86.5 Å². The maximum atomic E-state index is 14.1. The average molecular weight is 599 g/mol. The van der Waals surface area contributed by atoms with Crippen LogP contribution in [0, 0.1) is 0 Å².